The molecule has 5 bridgehead atoms. The molecule has 0 radical (unpaired) electrons. The first-order valence-corrected chi connectivity index (χ1v) is 11.1. The van der Waals surface area contributed by atoms with E-state index in [0.717, 1.165) is 30.3 Å². The summed E-state index contributed by atoms with van der Waals surface area (Å²) in [6.45, 7) is 5.56. The second-order valence-corrected chi connectivity index (χ2v) is 10.1. The van der Waals surface area contributed by atoms with Crippen molar-refractivity contribution in [3.05, 3.63) is 29.8 Å². The summed E-state index contributed by atoms with van der Waals surface area (Å²) in [4.78, 5) is 2.48. The Labute approximate surface area is 162 Å². The third-order valence-electron chi connectivity index (χ3n) is 9.73. The largest absolute Gasteiger partial charge is 0.392 e. The number of aliphatic hydroxyl groups is 2. The van der Waals surface area contributed by atoms with Gasteiger partial charge in [0.1, 0.15) is 6.04 Å². The van der Waals surface area contributed by atoms with E-state index < -0.39 is 0 Å². The molecule has 1 aliphatic carbocycles. The van der Waals surface area contributed by atoms with E-state index in [1.165, 1.54) is 17.7 Å². The number of likely N-dealkylation sites (N-methyl/N-ethyl adjacent to an activating group) is 1. The third-order valence-corrected chi connectivity index (χ3v) is 9.73. The average Bonchev–Trinajstić information content (AvgIpc) is 3.06. The first-order valence-electron chi connectivity index (χ1n) is 11.1. The van der Waals surface area contributed by atoms with Crippen LogP contribution in [0.15, 0.2) is 24.3 Å². The van der Waals surface area contributed by atoms with Crippen molar-refractivity contribution in [2.45, 2.75) is 75.4 Å². The van der Waals surface area contributed by atoms with Crippen LogP contribution in [-0.2, 0) is 5.41 Å². The molecule has 1 aromatic rings. The van der Waals surface area contributed by atoms with E-state index in [4.69, 9.17) is 0 Å². The first kappa shape index (κ1) is 16.8. The van der Waals surface area contributed by atoms with Gasteiger partial charge in [-0.05, 0) is 30.4 Å². The van der Waals surface area contributed by atoms with Crippen LogP contribution in [0, 0.1) is 17.8 Å². The van der Waals surface area contributed by atoms with Gasteiger partial charge >= 0.3 is 0 Å². The van der Waals surface area contributed by atoms with Gasteiger partial charge in [0.25, 0.3) is 0 Å². The van der Waals surface area contributed by atoms with E-state index in [0.29, 0.717) is 35.9 Å². The highest BCUT2D eigenvalue weighted by molar-refractivity contribution is 5.66. The zero-order valence-corrected chi connectivity index (χ0v) is 16.8. The summed E-state index contributed by atoms with van der Waals surface area (Å²) in [6, 6.07) is 9.97. The van der Waals surface area contributed by atoms with Gasteiger partial charge in [-0.15, -0.1) is 0 Å². The Morgan fingerprint density at radius 3 is 2.70 bits per heavy atom. The fourth-order valence-electron chi connectivity index (χ4n) is 9.23. The first-order chi connectivity index (χ1) is 13.0. The number of benzene rings is 1. The van der Waals surface area contributed by atoms with Crippen molar-refractivity contribution < 1.29 is 14.7 Å². The van der Waals surface area contributed by atoms with Crippen molar-refractivity contribution in [3.63, 3.8) is 0 Å². The molecule has 5 aliphatic heterocycles. The maximum absolute atomic E-state index is 11.9. The molecule has 27 heavy (non-hydrogen) atoms. The molecule has 1 aromatic carbocycles. The summed E-state index contributed by atoms with van der Waals surface area (Å²) in [7, 11) is 2.23. The minimum atomic E-state index is -0.271. The number of para-hydroxylation sites is 1. The average molecular weight is 370 g/mol. The highest BCUT2D eigenvalue weighted by Crippen LogP contribution is 2.71. The number of anilines is 1. The fraction of sp³-hybridized carbons (Fsp3) is 0.739. The molecule has 1 spiro atoms. The van der Waals surface area contributed by atoms with Gasteiger partial charge in [0.05, 0.1) is 30.1 Å². The number of piperidine rings is 4. The lowest BCUT2D eigenvalue weighted by Gasteiger charge is -2.68. The van der Waals surface area contributed by atoms with Crippen LogP contribution in [0.25, 0.3) is 0 Å². The summed E-state index contributed by atoms with van der Waals surface area (Å²) in [5, 5.41) is 23.6. The number of quaternary nitrogens is 1. The fourth-order valence-corrected chi connectivity index (χ4v) is 9.23. The molecule has 5 heterocycles. The highest BCUT2D eigenvalue weighted by Gasteiger charge is 2.82. The lowest BCUT2D eigenvalue weighted by molar-refractivity contribution is -1.04. The van der Waals surface area contributed by atoms with E-state index >= 15 is 0 Å². The molecule has 6 aliphatic rings. The number of rotatable bonds is 3. The molecule has 4 nitrogen and oxygen atoms in total. The molecule has 10 atom stereocenters. The SMILES string of the molecule is CCC[N+]12[C@H](O)[C@@H](CC)[C@@H]3C[C@H]1[C@@H]1N(C)c4ccccc4[C@]14C[C@H]2C3C4O. The predicted octanol–water partition coefficient (Wildman–Crippen LogP) is 2.48. The van der Waals surface area contributed by atoms with Crippen molar-refractivity contribution in [1.29, 1.82) is 0 Å². The van der Waals surface area contributed by atoms with Crippen LogP contribution < -0.4 is 4.90 Å². The van der Waals surface area contributed by atoms with E-state index in [1.807, 2.05) is 0 Å². The second kappa shape index (κ2) is 5.08. The van der Waals surface area contributed by atoms with Crippen LogP contribution in [0.5, 0.6) is 0 Å². The molecule has 146 valence electrons. The maximum atomic E-state index is 11.9. The van der Waals surface area contributed by atoms with Crippen LogP contribution in [0.4, 0.5) is 5.69 Å². The maximum Gasteiger partial charge on any atom is 0.194 e. The molecule has 3 unspecified atom stereocenters. The Kier molecular flexibility index (Phi) is 3.17. The van der Waals surface area contributed by atoms with Crippen LogP contribution in [0.2, 0.25) is 0 Å². The summed E-state index contributed by atoms with van der Waals surface area (Å²) in [5.74, 6) is 1.18. The van der Waals surface area contributed by atoms with Crippen LogP contribution in [-0.4, -0.2) is 58.7 Å². The zero-order valence-electron chi connectivity index (χ0n) is 16.8. The van der Waals surface area contributed by atoms with E-state index in [2.05, 4.69) is 50.1 Å². The lowest BCUT2D eigenvalue weighted by Crippen LogP contribution is -2.83. The van der Waals surface area contributed by atoms with Crippen LogP contribution in [0.3, 0.4) is 0 Å². The number of hydrogen-bond acceptors (Lipinski definition) is 3. The van der Waals surface area contributed by atoms with E-state index in [-0.39, 0.29) is 17.7 Å². The monoisotopic (exact) mass is 369 g/mol. The number of fused-ring (bicyclic) bond motifs is 2. The molecule has 7 rings (SSSR count). The molecule has 4 heteroatoms. The zero-order chi connectivity index (χ0) is 18.7. The van der Waals surface area contributed by atoms with Gasteiger partial charge in [0.15, 0.2) is 6.23 Å². The normalized spacial score (nSPS) is 53.7. The minimum absolute atomic E-state index is 0.127. The Balaban J connectivity index is 1.62. The lowest BCUT2D eigenvalue weighted by atomic mass is 9.60. The molecular formula is C23H33N2O2+. The molecule has 2 N–H and O–H groups in total. The molecule has 5 fully saturated rings. The summed E-state index contributed by atoms with van der Waals surface area (Å²) in [5.41, 5.74) is 2.56. The van der Waals surface area contributed by atoms with E-state index in [1.54, 1.807) is 0 Å². The van der Waals surface area contributed by atoms with Gasteiger partial charge in [-0.2, -0.15) is 0 Å². The topological polar surface area (TPSA) is 43.7 Å². The quantitative estimate of drug-likeness (QED) is 0.805. The third kappa shape index (κ3) is 1.51. The van der Waals surface area contributed by atoms with E-state index in [9.17, 15) is 10.2 Å². The Hall–Kier alpha value is -1.10. The van der Waals surface area contributed by atoms with Crippen molar-refractivity contribution >= 4 is 5.69 Å². The number of aliphatic hydroxyl groups excluding tert-OH is 2. The molecule has 0 amide bonds. The summed E-state index contributed by atoms with van der Waals surface area (Å²) < 4.78 is 0.873. The van der Waals surface area contributed by atoms with Gasteiger partial charge in [0, 0.05) is 37.4 Å². The van der Waals surface area contributed by atoms with Crippen molar-refractivity contribution in [3.8, 4) is 0 Å². The Morgan fingerprint density at radius 2 is 1.96 bits per heavy atom. The Bertz CT molecular complexity index is 798. The summed E-state index contributed by atoms with van der Waals surface area (Å²) >= 11 is 0. The van der Waals surface area contributed by atoms with Crippen LogP contribution in [0.1, 0.15) is 45.1 Å². The molecule has 0 aromatic heterocycles. The Morgan fingerprint density at radius 1 is 1.19 bits per heavy atom. The highest BCUT2D eigenvalue weighted by atomic mass is 16.3. The van der Waals surface area contributed by atoms with Crippen molar-refractivity contribution in [2.24, 2.45) is 17.8 Å². The number of nitrogens with zero attached hydrogens (tertiary/aromatic N) is 2. The molecular weight excluding hydrogens is 336 g/mol. The predicted molar refractivity (Wildman–Crippen MR) is 105 cm³/mol. The van der Waals surface area contributed by atoms with Gasteiger partial charge in [0.2, 0.25) is 0 Å². The summed E-state index contributed by atoms with van der Waals surface area (Å²) in [6.07, 6.45) is 3.84. The minimum Gasteiger partial charge on any atom is -0.392 e. The van der Waals surface area contributed by atoms with Gasteiger partial charge in [-0.1, -0.05) is 32.0 Å². The smallest absolute Gasteiger partial charge is 0.194 e. The van der Waals surface area contributed by atoms with Gasteiger partial charge < -0.3 is 15.1 Å². The van der Waals surface area contributed by atoms with Gasteiger partial charge in [-0.3, -0.25) is 4.48 Å². The van der Waals surface area contributed by atoms with Gasteiger partial charge in [-0.25, -0.2) is 0 Å². The number of hydrogen-bond donors (Lipinski definition) is 2. The molecule has 4 saturated heterocycles. The van der Waals surface area contributed by atoms with Crippen LogP contribution >= 0.6 is 0 Å². The second-order valence-electron chi connectivity index (χ2n) is 10.1. The van der Waals surface area contributed by atoms with Crippen molar-refractivity contribution in [1.82, 2.24) is 0 Å². The van der Waals surface area contributed by atoms with Crippen molar-refractivity contribution in [2.75, 3.05) is 18.5 Å². The molecule has 1 saturated carbocycles. The standard InChI is InChI=1S/C23H33N2O2/c1-4-10-25-17-11-14(13(5-2)22(25)27)19-18(25)12-23(21(19)26)15-8-6-7-9-16(15)24(3)20(17)23/h6-9,13-14,17-22,26-27H,4-5,10-12H2,1-3H3/q+1/t13-,14-,17-,18-,19?,20-,21?,22+,23+,25?/m0/s1.